The standard InChI is InChI=1S/C13H24N2O3/c1-3-6-11(13(17)18-4-2)15-8-5-7-10(9-15)12(14)16/h10-11H,3-9H2,1-2H3,(H2,14,16). The second kappa shape index (κ2) is 7.36. The molecular formula is C13H24N2O3. The number of piperidine rings is 1. The van der Waals surface area contributed by atoms with Gasteiger partial charge in [0.25, 0.3) is 0 Å². The van der Waals surface area contributed by atoms with Crippen molar-refractivity contribution in [2.45, 2.75) is 45.6 Å². The number of carbonyl (C=O) groups is 2. The molecule has 2 N–H and O–H groups in total. The van der Waals surface area contributed by atoms with E-state index in [-0.39, 0.29) is 23.8 Å². The van der Waals surface area contributed by atoms with Gasteiger partial charge in [-0.3, -0.25) is 14.5 Å². The fourth-order valence-corrected chi connectivity index (χ4v) is 2.48. The number of ether oxygens (including phenoxy) is 1. The smallest absolute Gasteiger partial charge is 0.323 e. The number of nitrogens with zero attached hydrogens (tertiary/aromatic N) is 1. The molecule has 0 radical (unpaired) electrons. The van der Waals surface area contributed by atoms with Gasteiger partial charge in [0.15, 0.2) is 0 Å². The first-order chi connectivity index (χ1) is 8.60. The molecule has 104 valence electrons. The average Bonchev–Trinajstić information content (AvgIpc) is 2.36. The van der Waals surface area contributed by atoms with E-state index in [1.807, 2.05) is 13.8 Å². The molecule has 0 bridgehead atoms. The molecule has 1 aliphatic rings. The van der Waals surface area contributed by atoms with Crippen LogP contribution in [0.4, 0.5) is 0 Å². The molecule has 1 aliphatic heterocycles. The SMILES string of the molecule is CCCC(C(=O)OCC)N1CCCC(C(N)=O)C1. The topological polar surface area (TPSA) is 72.6 Å². The van der Waals surface area contributed by atoms with Gasteiger partial charge in [0.2, 0.25) is 5.91 Å². The molecule has 2 unspecified atom stereocenters. The summed E-state index contributed by atoms with van der Waals surface area (Å²) in [6.45, 7) is 5.67. The van der Waals surface area contributed by atoms with Gasteiger partial charge in [-0.25, -0.2) is 0 Å². The highest BCUT2D eigenvalue weighted by molar-refractivity contribution is 5.78. The Morgan fingerprint density at radius 3 is 2.72 bits per heavy atom. The largest absolute Gasteiger partial charge is 0.465 e. The van der Waals surface area contributed by atoms with Gasteiger partial charge in [0.1, 0.15) is 6.04 Å². The van der Waals surface area contributed by atoms with Crippen LogP contribution in [0.5, 0.6) is 0 Å². The van der Waals surface area contributed by atoms with E-state index in [9.17, 15) is 9.59 Å². The Bertz CT molecular complexity index is 294. The lowest BCUT2D eigenvalue weighted by Crippen LogP contribution is -2.49. The summed E-state index contributed by atoms with van der Waals surface area (Å²) in [5, 5.41) is 0. The fraction of sp³-hybridized carbons (Fsp3) is 0.846. The third-order valence-electron chi connectivity index (χ3n) is 3.42. The molecule has 1 fully saturated rings. The van der Waals surface area contributed by atoms with Crippen LogP contribution in [0.3, 0.4) is 0 Å². The normalized spacial score (nSPS) is 22.4. The Morgan fingerprint density at radius 2 is 2.17 bits per heavy atom. The minimum atomic E-state index is -0.265. The van der Waals surface area contributed by atoms with Gasteiger partial charge in [-0.05, 0) is 32.7 Å². The predicted molar refractivity (Wildman–Crippen MR) is 68.8 cm³/mol. The molecular weight excluding hydrogens is 232 g/mol. The number of rotatable bonds is 6. The number of hydrogen-bond acceptors (Lipinski definition) is 4. The minimum Gasteiger partial charge on any atom is -0.465 e. The highest BCUT2D eigenvalue weighted by Gasteiger charge is 2.32. The molecule has 1 saturated heterocycles. The third kappa shape index (κ3) is 3.98. The van der Waals surface area contributed by atoms with E-state index in [4.69, 9.17) is 10.5 Å². The van der Waals surface area contributed by atoms with E-state index >= 15 is 0 Å². The van der Waals surface area contributed by atoms with Crippen LogP contribution in [-0.2, 0) is 14.3 Å². The zero-order valence-electron chi connectivity index (χ0n) is 11.4. The monoisotopic (exact) mass is 256 g/mol. The van der Waals surface area contributed by atoms with E-state index in [0.717, 1.165) is 32.2 Å². The van der Waals surface area contributed by atoms with Crippen LogP contribution < -0.4 is 5.73 Å². The summed E-state index contributed by atoms with van der Waals surface area (Å²) < 4.78 is 5.11. The van der Waals surface area contributed by atoms with Gasteiger partial charge in [-0.2, -0.15) is 0 Å². The van der Waals surface area contributed by atoms with Crippen LogP contribution in [0.25, 0.3) is 0 Å². The van der Waals surface area contributed by atoms with Gasteiger partial charge in [0, 0.05) is 6.54 Å². The first-order valence-corrected chi connectivity index (χ1v) is 6.80. The Morgan fingerprint density at radius 1 is 1.44 bits per heavy atom. The highest BCUT2D eigenvalue weighted by Crippen LogP contribution is 2.21. The summed E-state index contributed by atoms with van der Waals surface area (Å²) in [5.74, 6) is -0.573. The van der Waals surface area contributed by atoms with E-state index in [1.165, 1.54) is 0 Å². The molecule has 0 saturated carbocycles. The van der Waals surface area contributed by atoms with E-state index < -0.39 is 0 Å². The van der Waals surface area contributed by atoms with Crippen molar-refractivity contribution in [3.8, 4) is 0 Å². The maximum Gasteiger partial charge on any atom is 0.323 e. The number of carbonyl (C=O) groups excluding carboxylic acids is 2. The molecule has 18 heavy (non-hydrogen) atoms. The number of esters is 1. The maximum atomic E-state index is 11.9. The maximum absolute atomic E-state index is 11.9. The van der Waals surface area contributed by atoms with Gasteiger partial charge in [-0.1, -0.05) is 13.3 Å². The lowest BCUT2D eigenvalue weighted by Gasteiger charge is -2.35. The molecule has 0 aromatic rings. The zero-order valence-corrected chi connectivity index (χ0v) is 11.4. The number of nitrogens with two attached hydrogens (primary N) is 1. The molecule has 0 aliphatic carbocycles. The van der Waals surface area contributed by atoms with Crippen molar-refractivity contribution in [3.63, 3.8) is 0 Å². The van der Waals surface area contributed by atoms with Crippen molar-refractivity contribution in [2.24, 2.45) is 11.7 Å². The summed E-state index contributed by atoms with van der Waals surface area (Å²) >= 11 is 0. The molecule has 1 rings (SSSR count). The lowest BCUT2D eigenvalue weighted by atomic mass is 9.95. The first kappa shape index (κ1) is 15.0. The summed E-state index contributed by atoms with van der Waals surface area (Å²) in [6, 6.07) is -0.225. The van der Waals surface area contributed by atoms with Crippen molar-refractivity contribution in [3.05, 3.63) is 0 Å². The van der Waals surface area contributed by atoms with E-state index in [2.05, 4.69) is 4.90 Å². The van der Waals surface area contributed by atoms with Crippen molar-refractivity contribution >= 4 is 11.9 Å². The molecule has 5 heteroatoms. The highest BCUT2D eigenvalue weighted by atomic mass is 16.5. The van der Waals surface area contributed by atoms with Crippen LogP contribution in [0.15, 0.2) is 0 Å². The molecule has 0 spiro atoms. The molecule has 5 nitrogen and oxygen atoms in total. The quantitative estimate of drug-likeness (QED) is 0.717. The molecule has 0 aromatic heterocycles. The van der Waals surface area contributed by atoms with Gasteiger partial charge in [-0.15, -0.1) is 0 Å². The second-order valence-electron chi connectivity index (χ2n) is 4.79. The second-order valence-corrected chi connectivity index (χ2v) is 4.79. The molecule has 1 amide bonds. The fourth-order valence-electron chi connectivity index (χ4n) is 2.48. The summed E-state index contributed by atoms with van der Waals surface area (Å²) in [5.41, 5.74) is 5.36. The van der Waals surface area contributed by atoms with Gasteiger partial charge in [0.05, 0.1) is 12.5 Å². The zero-order chi connectivity index (χ0) is 13.5. The molecule has 1 heterocycles. The Balaban J connectivity index is 2.66. The Kier molecular flexibility index (Phi) is 6.12. The van der Waals surface area contributed by atoms with Crippen molar-refractivity contribution in [1.29, 1.82) is 0 Å². The van der Waals surface area contributed by atoms with Crippen LogP contribution in [0.1, 0.15) is 39.5 Å². The van der Waals surface area contributed by atoms with Crippen LogP contribution >= 0.6 is 0 Å². The van der Waals surface area contributed by atoms with E-state index in [0.29, 0.717) is 13.2 Å². The third-order valence-corrected chi connectivity index (χ3v) is 3.42. The summed E-state index contributed by atoms with van der Waals surface area (Å²) in [7, 11) is 0. The number of primary amides is 1. The van der Waals surface area contributed by atoms with Crippen LogP contribution in [0.2, 0.25) is 0 Å². The number of likely N-dealkylation sites (tertiary alicyclic amines) is 1. The van der Waals surface area contributed by atoms with Crippen LogP contribution in [0, 0.1) is 5.92 Å². The molecule has 0 aromatic carbocycles. The van der Waals surface area contributed by atoms with Gasteiger partial charge >= 0.3 is 5.97 Å². The first-order valence-electron chi connectivity index (χ1n) is 6.80. The van der Waals surface area contributed by atoms with Crippen molar-refractivity contribution in [1.82, 2.24) is 4.90 Å². The van der Waals surface area contributed by atoms with Crippen molar-refractivity contribution in [2.75, 3.05) is 19.7 Å². The number of hydrogen-bond donors (Lipinski definition) is 1. The van der Waals surface area contributed by atoms with Crippen LogP contribution in [-0.4, -0.2) is 42.5 Å². The van der Waals surface area contributed by atoms with Gasteiger partial charge < -0.3 is 10.5 Å². The Hall–Kier alpha value is -1.10. The summed E-state index contributed by atoms with van der Waals surface area (Å²) in [4.78, 5) is 25.2. The molecule has 2 atom stereocenters. The lowest BCUT2D eigenvalue weighted by molar-refractivity contribution is -0.151. The summed E-state index contributed by atoms with van der Waals surface area (Å²) in [6.07, 6.45) is 3.42. The number of amides is 1. The van der Waals surface area contributed by atoms with Crippen molar-refractivity contribution < 1.29 is 14.3 Å². The predicted octanol–water partition coefficient (Wildman–Crippen LogP) is 0.915. The average molecular weight is 256 g/mol. The van der Waals surface area contributed by atoms with E-state index in [1.54, 1.807) is 0 Å². The minimum absolute atomic E-state index is 0.132. The Labute approximate surface area is 109 Å².